The molecule has 4 aliphatic rings. The SMILES string of the molecule is O=C1N(CCN2CCCC2)CN(c2ccccc2)C12CCN(C1CCCCCCCCC1)CC2. The van der Waals surface area contributed by atoms with Crippen molar-refractivity contribution in [3.05, 3.63) is 30.3 Å². The lowest BCUT2D eigenvalue weighted by molar-refractivity contribution is -0.134. The summed E-state index contributed by atoms with van der Waals surface area (Å²) in [6, 6.07) is 11.5. The molecule has 5 nitrogen and oxygen atoms in total. The Labute approximate surface area is 207 Å². The molecule has 5 rings (SSSR count). The van der Waals surface area contributed by atoms with E-state index in [-0.39, 0.29) is 5.54 Å². The number of nitrogens with zero attached hydrogens (tertiary/aromatic N) is 4. The molecule has 4 fully saturated rings. The van der Waals surface area contributed by atoms with Gasteiger partial charge in [0.25, 0.3) is 0 Å². The molecule has 1 saturated carbocycles. The molecule has 0 aromatic heterocycles. The number of hydrogen-bond donors (Lipinski definition) is 0. The third kappa shape index (κ3) is 5.31. The summed E-state index contributed by atoms with van der Waals surface area (Å²) in [7, 11) is 0. The van der Waals surface area contributed by atoms with Crippen molar-refractivity contribution in [3.8, 4) is 0 Å². The van der Waals surface area contributed by atoms with E-state index < -0.39 is 0 Å². The molecule has 0 radical (unpaired) electrons. The molecule has 5 heteroatoms. The van der Waals surface area contributed by atoms with E-state index in [9.17, 15) is 4.79 Å². The first-order valence-corrected chi connectivity index (χ1v) is 14.3. The van der Waals surface area contributed by atoms with Crippen LogP contribution in [-0.4, -0.2) is 78.1 Å². The van der Waals surface area contributed by atoms with Gasteiger partial charge in [-0.1, -0.05) is 63.1 Å². The number of anilines is 1. The van der Waals surface area contributed by atoms with Gasteiger partial charge < -0.3 is 19.6 Å². The highest BCUT2D eigenvalue weighted by Gasteiger charge is 2.53. The van der Waals surface area contributed by atoms with E-state index in [0.29, 0.717) is 5.91 Å². The van der Waals surface area contributed by atoms with E-state index in [2.05, 4.69) is 49.9 Å². The van der Waals surface area contributed by atoms with Crippen LogP contribution in [0.25, 0.3) is 0 Å². The first-order chi connectivity index (χ1) is 16.8. The quantitative estimate of drug-likeness (QED) is 0.603. The molecular weight excluding hydrogens is 420 g/mol. The van der Waals surface area contributed by atoms with Gasteiger partial charge in [-0.05, 0) is 63.7 Å². The predicted molar refractivity (Wildman–Crippen MR) is 140 cm³/mol. The van der Waals surface area contributed by atoms with E-state index in [1.807, 2.05) is 0 Å². The van der Waals surface area contributed by atoms with Gasteiger partial charge in [-0.2, -0.15) is 0 Å². The van der Waals surface area contributed by atoms with Crippen LogP contribution in [0.5, 0.6) is 0 Å². The number of hydrogen-bond acceptors (Lipinski definition) is 4. The van der Waals surface area contributed by atoms with Crippen LogP contribution in [0.3, 0.4) is 0 Å². The van der Waals surface area contributed by atoms with Crippen LogP contribution < -0.4 is 4.90 Å². The van der Waals surface area contributed by atoms with Crippen molar-refractivity contribution in [2.24, 2.45) is 0 Å². The molecule has 0 bridgehead atoms. The maximum absolute atomic E-state index is 14.0. The fourth-order valence-electron chi connectivity index (χ4n) is 7.05. The van der Waals surface area contributed by atoms with Crippen molar-refractivity contribution < 1.29 is 4.79 Å². The lowest BCUT2D eigenvalue weighted by Crippen LogP contribution is -2.58. The van der Waals surface area contributed by atoms with Gasteiger partial charge in [0.05, 0.1) is 6.67 Å². The molecule has 3 aliphatic heterocycles. The lowest BCUT2D eigenvalue weighted by atomic mass is 9.84. The number of amides is 1. The van der Waals surface area contributed by atoms with Crippen molar-refractivity contribution in [3.63, 3.8) is 0 Å². The van der Waals surface area contributed by atoms with Crippen LogP contribution in [-0.2, 0) is 4.79 Å². The second-order valence-electron chi connectivity index (χ2n) is 11.3. The van der Waals surface area contributed by atoms with Gasteiger partial charge in [0.1, 0.15) is 5.54 Å². The molecule has 1 aromatic rings. The second-order valence-corrected chi connectivity index (χ2v) is 11.3. The average Bonchev–Trinajstić information content (AvgIpc) is 3.50. The van der Waals surface area contributed by atoms with Gasteiger partial charge in [0.15, 0.2) is 0 Å². The molecule has 1 aromatic carbocycles. The highest BCUT2D eigenvalue weighted by molar-refractivity contribution is 5.93. The molecule has 0 atom stereocenters. The summed E-state index contributed by atoms with van der Waals surface area (Å²) in [6.45, 7) is 7.19. The molecule has 34 heavy (non-hydrogen) atoms. The van der Waals surface area contributed by atoms with Crippen LogP contribution in [0.2, 0.25) is 0 Å². The monoisotopic (exact) mass is 466 g/mol. The minimum atomic E-state index is -0.348. The predicted octanol–water partition coefficient (Wildman–Crippen LogP) is 5.12. The van der Waals surface area contributed by atoms with E-state index in [4.69, 9.17) is 0 Å². The third-order valence-electron chi connectivity index (χ3n) is 9.18. The molecular formula is C29H46N4O. The first-order valence-electron chi connectivity index (χ1n) is 14.3. The summed E-state index contributed by atoms with van der Waals surface area (Å²) < 4.78 is 0. The minimum Gasteiger partial charge on any atom is -0.339 e. The summed E-state index contributed by atoms with van der Waals surface area (Å²) in [5.41, 5.74) is 0.866. The number of piperidine rings is 1. The first kappa shape index (κ1) is 24.1. The van der Waals surface area contributed by atoms with Crippen LogP contribution in [0.4, 0.5) is 5.69 Å². The highest BCUT2D eigenvalue weighted by atomic mass is 16.2. The zero-order chi connectivity index (χ0) is 23.2. The maximum atomic E-state index is 14.0. The molecule has 3 saturated heterocycles. The van der Waals surface area contributed by atoms with Crippen molar-refractivity contribution >= 4 is 11.6 Å². The normalized spacial score (nSPS) is 25.9. The van der Waals surface area contributed by atoms with Gasteiger partial charge in [0.2, 0.25) is 5.91 Å². The highest BCUT2D eigenvalue weighted by Crippen LogP contribution is 2.40. The van der Waals surface area contributed by atoms with Crippen LogP contribution >= 0.6 is 0 Å². The Kier molecular flexibility index (Phi) is 8.11. The van der Waals surface area contributed by atoms with Gasteiger partial charge in [-0.25, -0.2) is 0 Å². The number of benzene rings is 1. The van der Waals surface area contributed by atoms with Crippen LogP contribution in [0.1, 0.15) is 83.5 Å². The number of carbonyl (C=O) groups is 1. The van der Waals surface area contributed by atoms with E-state index in [1.54, 1.807) is 0 Å². The molecule has 1 spiro atoms. The fraction of sp³-hybridized carbons (Fsp3) is 0.759. The summed E-state index contributed by atoms with van der Waals surface area (Å²) in [6.07, 6.45) is 17.1. The Hall–Kier alpha value is -1.59. The molecule has 0 unspecified atom stereocenters. The zero-order valence-corrected chi connectivity index (χ0v) is 21.3. The largest absolute Gasteiger partial charge is 0.339 e. The van der Waals surface area contributed by atoms with Crippen molar-refractivity contribution in [2.75, 3.05) is 50.8 Å². The van der Waals surface area contributed by atoms with Gasteiger partial charge in [0, 0.05) is 37.9 Å². The van der Waals surface area contributed by atoms with Crippen LogP contribution in [0.15, 0.2) is 30.3 Å². The molecule has 3 heterocycles. The Balaban J connectivity index is 1.27. The Morgan fingerprint density at radius 1 is 0.735 bits per heavy atom. The van der Waals surface area contributed by atoms with Crippen molar-refractivity contribution in [1.29, 1.82) is 0 Å². The van der Waals surface area contributed by atoms with E-state index in [0.717, 1.165) is 51.7 Å². The summed E-state index contributed by atoms with van der Waals surface area (Å²) >= 11 is 0. The molecule has 1 aliphatic carbocycles. The minimum absolute atomic E-state index is 0.348. The fourth-order valence-corrected chi connectivity index (χ4v) is 7.05. The third-order valence-corrected chi connectivity index (χ3v) is 9.18. The Morgan fingerprint density at radius 2 is 1.35 bits per heavy atom. The van der Waals surface area contributed by atoms with E-state index >= 15 is 0 Å². The Morgan fingerprint density at radius 3 is 2.00 bits per heavy atom. The van der Waals surface area contributed by atoms with Gasteiger partial charge >= 0.3 is 0 Å². The molecule has 0 N–H and O–H groups in total. The van der Waals surface area contributed by atoms with Gasteiger partial charge in [-0.15, -0.1) is 0 Å². The standard InChI is InChI=1S/C29H46N4O/c34-28-29(17-21-31(22-18-29)26-13-7-4-2-1-3-5-8-14-26)33(27-15-9-6-10-16-27)25-32(28)24-23-30-19-11-12-20-30/h6,9-10,15-16,26H,1-5,7-8,11-14,17-25H2. The van der Waals surface area contributed by atoms with E-state index in [1.165, 1.54) is 89.4 Å². The number of rotatable bonds is 5. The average molecular weight is 467 g/mol. The van der Waals surface area contributed by atoms with Crippen LogP contribution in [0, 0.1) is 0 Å². The zero-order valence-electron chi connectivity index (χ0n) is 21.3. The number of para-hydroxylation sites is 1. The van der Waals surface area contributed by atoms with Crippen molar-refractivity contribution in [1.82, 2.24) is 14.7 Å². The summed E-state index contributed by atoms with van der Waals surface area (Å²) in [4.78, 5) is 23.9. The number of likely N-dealkylation sites (tertiary alicyclic amines) is 2. The summed E-state index contributed by atoms with van der Waals surface area (Å²) in [5, 5.41) is 0. The molecule has 188 valence electrons. The smallest absolute Gasteiger partial charge is 0.250 e. The summed E-state index contributed by atoms with van der Waals surface area (Å²) in [5.74, 6) is 0.390. The lowest BCUT2D eigenvalue weighted by Gasteiger charge is -2.45. The maximum Gasteiger partial charge on any atom is 0.250 e. The van der Waals surface area contributed by atoms with Crippen molar-refractivity contribution in [2.45, 2.75) is 95.1 Å². The molecule has 1 amide bonds. The number of carbonyl (C=O) groups excluding carboxylic acids is 1. The van der Waals surface area contributed by atoms with Gasteiger partial charge in [-0.3, -0.25) is 4.79 Å². The topological polar surface area (TPSA) is 30.0 Å². The Bertz CT molecular complexity index is 760. The second kappa shape index (κ2) is 11.4.